The molecule has 0 unspecified atom stereocenters. The zero-order valence-electron chi connectivity index (χ0n) is 11.5. The van der Waals surface area contributed by atoms with E-state index in [2.05, 4.69) is 20.2 Å². The van der Waals surface area contributed by atoms with Gasteiger partial charge < -0.3 is 15.8 Å². The van der Waals surface area contributed by atoms with Crippen molar-refractivity contribution in [2.75, 3.05) is 38.1 Å². The molecule has 106 valence electrons. The molecule has 1 aromatic rings. The Morgan fingerprint density at radius 1 is 1.47 bits per heavy atom. The molecule has 2 heterocycles. The number of morpholine rings is 1. The molecular weight excluding hydrogens is 242 g/mol. The van der Waals surface area contributed by atoms with Crippen molar-refractivity contribution in [1.29, 1.82) is 0 Å². The zero-order valence-corrected chi connectivity index (χ0v) is 11.5. The van der Waals surface area contributed by atoms with Gasteiger partial charge in [-0.15, -0.1) is 0 Å². The third-order valence-electron chi connectivity index (χ3n) is 3.16. The molecule has 19 heavy (non-hydrogen) atoms. The second-order valence-electron chi connectivity index (χ2n) is 4.75. The van der Waals surface area contributed by atoms with E-state index in [9.17, 15) is 0 Å². The molecule has 1 aliphatic heterocycles. The van der Waals surface area contributed by atoms with E-state index in [1.807, 2.05) is 19.3 Å². The summed E-state index contributed by atoms with van der Waals surface area (Å²) in [5.74, 6) is 0.689. The van der Waals surface area contributed by atoms with Gasteiger partial charge in [-0.1, -0.05) is 0 Å². The number of anilines is 1. The van der Waals surface area contributed by atoms with E-state index in [-0.39, 0.29) is 6.10 Å². The number of nitrogens with zero attached hydrogens (tertiary/aromatic N) is 3. The average molecular weight is 265 g/mol. The molecule has 6 nitrogen and oxygen atoms in total. The Morgan fingerprint density at radius 2 is 2.26 bits per heavy atom. The number of rotatable bonds is 6. The molecule has 1 saturated heterocycles. The Kier molecular flexibility index (Phi) is 5.50. The van der Waals surface area contributed by atoms with Crippen LogP contribution in [0.3, 0.4) is 0 Å². The van der Waals surface area contributed by atoms with E-state index < -0.39 is 0 Å². The Bertz CT molecular complexity index is 368. The number of aromatic nitrogens is 2. The van der Waals surface area contributed by atoms with E-state index in [0.29, 0.717) is 12.5 Å². The molecule has 0 aliphatic carbocycles. The Balaban J connectivity index is 1.85. The maximum atomic E-state index is 5.67. The van der Waals surface area contributed by atoms with Crippen LogP contribution in [0.2, 0.25) is 0 Å². The third kappa shape index (κ3) is 4.41. The van der Waals surface area contributed by atoms with Crippen LogP contribution in [0.15, 0.2) is 12.4 Å². The second-order valence-corrected chi connectivity index (χ2v) is 4.75. The summed E-state index contributed by atoms with van der Waals surface area (Å²) < 4.78 is 5.67. The number of ether oxygens (including phenoxy) is 1. The monoisotopic (exact) mass is 265 g/mol. The zero-order chi connectivity index (χ0) is 13.5. The van der Waals surface area contributed by atoms with Crippen LogP contribution in [-0.2, 0) is 11.3 Å². The van der Waals surface area contributed by atoms with Crippen LogP contribution >= 0.6 is 0 Å². The van der Waals surface area contributed by atoms with E-state index in [1.54, 1.807) is 0 Å². The highest BCUT2D eigenvalue weighted by Gasteiger charge is 2.19. The first-order valence-corrected chi connectivity index (χ1v) is 6.90. The maximum absolute atomic E-state index is 5.67. The lowest BCUT2D eigenvalue weighted by molar-refractivity contribution is -0.0335. The van der Waals surface area contributed by atoms with Crippen LogP contribution in [0, 0.1) is 0 Å². The lowest BCUT2D eigenvalue weighted by atomic mass is 10.2. The van der Waals surface area contributed by atoms with Crippen molar-refractivity contribution in [2.24, 2.45) is 5.73 Å². The minimum atomic E-state index is 0.265. The van der Waals surface area contributed by atoms with Crippen molar-refractivity contribution in [3.05, 3.63) is 18.0 Å². The molecular formula is C13H23N5O. The summed E-state index contributed by atoms with van der Waals surface area (Å²) in [6.07, 6.45) is 4.96. The van der Waals surface area contributed by atoms with Gasteiger partial charge in [0, 0.05) is 44.1 Å². The molecule has 0 radical (unpaired) electrons. The van der Waals surface area contributed by atoms with Crippen LogP contribution < -0.4 is 11.1 Å². The van der Waals surface area contributed by atoms with Gasteiger partial charge in [0.15, 0.2) is 0 Å². The third-order valence-corrected chi connectivity index (χ3v) is 3.16. The lowest BCUT2D eigenvalue weighted by Crippen LogP contribution is -2.42. The normalized spacial score (nSPS) is 20.4. The van der Waals surface area contributed by atoms with Crippen LogP contribution in [0.25, 0.3) is 0 Å². The first-order valence-electron chi connectivity index (χ1n) is 6.90. The van der Waals surface area contributed by atoms with Gasteiger partial charge in [-0.3, -0.25) is 4.90 Å². The van der Waals surface area contributed by atoms with Crippen molar-refractivity contribution in [3.8, 4) is 0 Å². The van der Waals surface area contributed by atoms with Gasteiger partial charge in [-0.25, -0.2) is 9.97 Å². The van der Waals surface area contributed by atoms with Gasteiger partial charge in [0.2, 0.25) is 5.95 Å². The molecule has 0 spiro atoms. The summed E-state index contributed by atoms with van der Waals surface area (Å²) >= 11 is 0. The minimum Gasteiger partial charge on any atom is -0.376 e. The quantitative estimate of drug-likeness (QED) is 0.778. The Morgan fingerprint density at radius 3 is 2.95 bits per heavy atom. The number of hydrogen-bond acceptors (Lipinski definition) is 6. The van der Waals surface area contributed by atoms with Gasteiger partial charge in [0.05, 0.1) is 12.7 Å². The summed E-state index contributed by atoms with van der Waals surface area (Å²) in [4.78, 5) is 10.9. The molecule has 2 rings (SSSR count). The molecule has 1 aromatic heterocycles. The molecule has 3 N–H and O–H groups in total. The highest BCUT2D eigenvalue weighted by molar-refractivity contribution is 5.24. The number of nitrogens with one attached hydrogen (secondary N) is 1. The van der Waals surface area contributed by atoms with Crippen molar-refractivity contribution < 1.29 is 4.74 Å². The van der Waals surface area contributed by atoms with Crippen LogP contribution in [0.5, 0.6) is 0 Å². The molecule has 0 amide bonds. The van der Waals surface area contributed by atoms with Crippen LogP contribution in [-0.4, -0.2) is 53.8 Å². The molecule has 0 saturated carbocycles. The highest BCUT2D eigenvalue weighted by Crippen LogP contribution is 2.11. The first kappa shape index (κ1) is 14.2. The Labute approximate surface area is 114 Å². The SMILES string of the molecule is CCNc1ncc(CN2CCO[C@H](CCN)C2)cn1. The van der Waals surface area contributed by atoms with Crippen LogP contribution in [0.4, 0.5) is 5.95 Å². The molecule has 6 heteroatoms. The van der Waals surface area contributed by atoms with Gasteiger partial charge >= 0.3 is 0 Å². The van der Waals surface area contributed by atoms with E-state index in [1.165, 1.54) is 0 Å². The standard InChI is InChI=1S/C13H23N5O/c1-2-15-13-16-7-11(8-17-13)9-18-5-6-19-12(10-18)3-4-14/h7-8,12H,2-6,9-10,14H2,1H3,(H,15,16,17)/t12-/m1/s1. The fourth-order valence-corrected chi connectivity index (χ4v) is 2.23. The maximum Gasteiger partial charge on any atom is 0.222 e. The summed E-state index contributed by atoms with van der Waals surface area (Å²) in [5.41, 5.74) is 6.71. The van der Waals surface area contributed by atoms with Gasteiger partial charge in [-0.05, 0) is 19.9 Å². The van der Waals surface area contributed by atoms with Crippen molar-refractivity contribution in [3.63, 3.8) is 0 Å². The largest absolute Gasteiger partial charge is 0.376 e. The average Bonchev–Trinajstić information content (AvgIpc) is 2.42. The Hall–Kier alpha value is -1.24. The van der Waals surface area contributed by atoms with Crippen molar-refractivity contribution in [2.45, 2.75) is 26.0 Å². The van der Waals surface area contributed by atoms with Gasteiger partial charge in [-0.2, -0.15) is 0 Å². The number of hydrogen-bond donors (Lipinski definition) is 2. The van der Waals surface area contributed by atoms with Gasteiger partial charge in [0.1, 0.15) is 0 Å². The van der Waals surface area contributed by atoms with Crippen molar-refractivity contribution >= 4 is 5.95 Å². The minimum absolute atomic E-state index is 0.265. The fourth-order valence-electron chi connectivity index (χ4n) is 2.23. The fraction of sp³-hybridized carbons (Fsp3) is 0.692. The summed E-state index contributed by atoms with van der Waals surface area (Å²) in [5, 5.41) is 3.09. The summed E-state index contributed by atoms with van der Waals surface area (Å²) in [7, 11) is 0. The van der Waals surface area contributed by atoms with E-state index in [4.69, 9.17) is 10.5 Å². The first-order chi connectivity index (χ1) is 9.31. The highest BCUT2D eigenvalue weighted by atomic mass is 16.5. The van der Waals surface area contributed by atoms with E-state index >= 15 is 0 Å². The summed E-state index contributed by atoms with van der Waals surface area (Å²) in [6.45, 7) is 7.09. The molecule has 1 atom stereocenters. The predicted molar refractivity (Wildman–Crippen MR) is 74.9 cm³/mol. The molecule has 0 aromatic carbocycles. The lowest BCUT2D eigenvalue weighted by Gasteiger charge is -2.32. The smallest absolute Gasteiger partial charge is 0.222 e. The predicted octanol–water partition coefficient (Wildman–Crippen LogP) is 0.458. The second kappa shape index (κ2) is 7.37. The number of nitrogens with two attached hydrogens (primary N) is 1. The molecule has 0 bridgehead atoms. The molecule has 1 fully saturated rings. The van der Waals surface area contributed by atoms with Gasteiger partial charge in [0.25, 0.3) is 0 Å². The van der Waals surface area contributed by atoms with Crippen molar-refractivity contribution in [1.82, 2.24) is 14.9 Å². The van der Waals surface area contributed by atoms with E-state index in [0.717, 1.165) is 44.8 Å². The van der Waals surface area contributed by atoms with Crippen LogP contribution in [0.1, 0.15) is 18.9 Å². The topological polar surface area (TPSA) is 76.3 Å². The summed E-state index contributed by atoms with van der Waals surface area (Å²) in [6, 6.07) is 0. The molecule has 1 aliphatic rings.